The van der Waals surface area contributed by atoms with Gasteiger partial charge in [0.15, 0.2) is 17.3 Å². The Kier molecular flexibility index (Phi) is 5.08. The number of ketones is 1. The van der Waals surface area contributed by atoms with Crippen LogP contribution in [0.5, 0.6) is 11.5 Å². The molecule has 1 aromatic heterocycles. The number of benzene rings is 2. The van der Waals surface area contributed by atoms with Crippen LogP contribution in [0.1, 0.15) is 10.4 Å². The molecule has 144 valence electrons. The Hall–Kier alpha value is -3.19. The number of nitrogens with zero attached hydrogens (tertiary/aromatic N) is 3. The van der Waals surface area contributed by atoms with Crippen LogP contribution in [-0.2, 0) is 0 Å². The van der Waals surface area contributed by atoms with Crippen LogP contribution in [0, 0.1) is 0 Å². The molecule has 2 heterocycles. The smallest absolute Gasteiger partial charge is 0.186 e. The fourth-order valence-corrected chi connectivity index (χ4v) is 3.59. The number of ether oxygens (including phenoxy) is 2. The predicted octanol–water partition coefficient (Wildman–Crippen LogP) is 2.31. The van der Waals surface area contributed by atoms with Crippen LogP contribution >= 0.6 is 0 Å². The number of Topliss-reactive ketones (excluding diaryl/α,β-unsaturated/α-hetero) is 1. The molecule has 0 saturated carbocycles. The lowest BCUT2D eigenvalue weighted by molar-refractivity contribution is 0.0950. The number of methoxy groups -OCH3 is 2. The zero-order valence-corrected chi connectivity index (χ0v) is 15.9. The molecule has 1 unspecified atom stereocenters. The number of rotatable bonds is 5. The van der Waals surface area contributed by atoms with Crippen molar-refractivity contribution in [1.82, 2.24) is 15.3 Å². The normalized spacial score (nSPS) is 16.8. The summed E-state index contributed by atoms with van der Waals surface area (Å²) in [6, 6.07) is 12.7. The zero-order valence-electron chi connectivity index (χ0n) is 15.9. The van der Waals surface area contributed by atoms with Gasteiger partial charge in [0.25, 0.3) is 0 Å². The maximum atomic E-state index is 13.4. The lowest BCUT2D eigenvalue weighted by atomic mass is 10.00. The number of piperazine rings is 1. The molecular formula is C21H22N4O3. The molecule has 1 atom stereocenters. The average Bonchev–Trinajstić information content (AvgIpc) is 2.77. The molecule has 1 aliphatic heterocycles. The molecule has 1 saturated heterocycles. The second-order valence-electron chi connectivity index (χ2n) is 6.56. The van der Waals surface area contributed by atoms with Crippen molar-refractivity contribution < 1.29 is 14.3 Å². The highest BCUT2D eigenvalue weighted by atomic mass is 16.5. The largest absolute Gasteiger partial charge is 0.493 e. The molecule has 2 aromatic carbocycles. The lowest BCUT2D eigenvalue weighted by Gasteiger charge is -2.36. The van der Waals surface area contributed by atoms with E-state index in [1.54, 1.807) is 38.7 Å². The van der Waals surface area contributed by atoms with E-state index in [-0.39, 0.29) is 11.8 Å². The third-order valence-electron chi connectivity index (χ3n) is 5.01. The third-order valence-corrected chi connectivity index (χ3v) is 5.01. The van der Waals surface area contributed by atoms with Gasteiger partial charge < -0.3 is 19.7 Å². The predicted molar refractivity (Wildman–Crippen MR) is 107 cm³/mol. The number of aromatic nitrogens is 2. The Morgan fingerprint density at radius 2 is 1.93 bits per heavy atom. The number of anilines is 1. The van der Waals surface area contributed by atoms with Gasteiger partial charge in [0.05, 0.1) is 19.7 Å². The van der Waals surface area contributed by atoms with Crippen LogP contribution in [0.2, 0.25) is 0 Å². The van der Waals surface area contributed by atoms with Crippen molar-refractivity contribution in [2.45, 2.75) is 6.04 Å². The molecule has 0 amide bonds. The lowest BCUT2D eigenvalue weighted by Crippen LogP contribution is -2.55. The van der Waals surface area contributed by atoms with Gasteiger partial charge in [-0.2, -0.15) is 0 Å². The van der Waals surface area contributed by atoms with Gasteiger partial charge in [0.2, 0.25) is 0 Å². The van der Waals surface area contributed by atoms with E-state index in [4.69, 9.17) is 9.47 Å². The van der Waals surface area contributed by atoms with Crippen LogP contribution in [0.4, 0.5) is 5.82 Å². The van der Waals surface area contributed by atoms with E-state index in [1.807, 2.05) is 24.3 Å². The van der Waals surface area contributed by atoms with E-state index < -0.39 is 0 Å². The Morgan fingerprint density at radius 1 is 1.11 bits per heavy atom. The second-order valence-corrected chi connectivity index (χ2v) is 6.56. The highest BCUT2D eigenvalue weighted by Gasteiger charge is 2.31. The van der Waals surface area contributed by atoms with Crippen LogP contribution < -0.4 is 19.7 Å². The van der Waals surface area contributed by atoms with Crippen molar-refractivity contribution in [3.8, 4) is 11.5 Å². The first-order chi connectivity index (χ1) is 13.7. The van der Waals surface area contributed by atoms with E-state index in [2.05, 4.69) is 20.2 Å². The van der Waals surface area contributed by atoms with Crippen LogP contribution in [0.25, 0.3) is 10.9 Å². The Morgan fingerprint density at radius 3 is 2.75 bits per heavy atom. The minimum atomic E-state index is -0.370. The SMILES string of the molecule is COc1ccc(C(=O)C2CNCCN2c2ncnc3ccccc23)cc1OC. The maximum absolute atomic E-state index is 13.4. The molecule has 1 N–H and O–H groups in total. The number of carbonyl (C=O) groups excluding carboxylic acids is 1. The first kappa shape index (κ1) is 18.2. The topological polar surface area (TPSA) is 76.6 Å². The van der Waals surface area contributed by atoms with Gasteiger partial charge in [-0.15, -0.1) is 0 Å². The van der Waals surface area contributed by atoms with Crippen molar-refractivity contribution in [2.24, 2.45) is 0 Å². The highest BCUT2D eigenvalue weighted by molar-refractivity contribution is 6.04. The van der Waals surface area contributed by atoms with Gasteiger partial charge in [0, 0.05) is 30.6 Å². The van der Waals surface area contributed by atoms with E-state index >= 15 is 0 Å². The second kappa shape index (κ2) is 7.82. The average molecular weight is 378 g/mol. The monoisotopic (exact) mass is 378 g/mol. The summed E-state index contributed by atoms with van der Waals surface area (Å²) in [4.78, 5) is 24.3. The molecule has 1 aliphatic rings. The minimum Gasteiger partial charge on any atom is -0.493 e. The van der Waals surface area contributed by atoms with E-state index in [9.17, 15) is 4.79 Å². The molecule has 7 heteroatoms. The number of hydrogen-bond donors (Lipinski definition) is 1. The molecule has 4 rings (SSSR count). The standard InChI is InChI=1S/C21H22N4O3/c1-27-18-8-7-14(11-19(18)28-2)20(26)17-12-22-9-10-25(17)21-15-5-3-4-6-16(15)23-13-24-21/h3-8,11,13,17,22H,9-10,12H2,1-2H3. The first-order valence-electron chi connectivity index (χ1n) is 9.16. The van der Waals surface area contributed by atoms with Gasteiger partial charge in [-0.05, 0) is 30.3 Å². The quantitative estimate of drug-likeness (QED) is 0.683. The van der Waals surface area contributed by atoms with Crippen LogP contribution in [-0.4, -0.2) is 55.6 Å². The number of fused-ring (bicyclic) bond motifs is 1. The summed E-state index contributed by atoms with van der Waals surface area (Å²) in [5, 5.41) is 4.26. The van der Waals surface area contributed by atoms with Crippen molar-refractivity contribution in [3.63, 3.8) is 0 Å². The molecule has 0 bridgehead atoms. The Bertz CT molecular complexity index is 1000. The maximum Gasteiger partial charge on any atom is 0.186 e. The fourth-order valence-electron chi connectivity index (χ4n) is 3.59. The number of nitrogens with one attached hydrogen (secondary N) is 1. The fraction of sp³-hybridized carbons (Fsp3) is 0.286. The molecule has 1 fully saturated rings. The van der Waals surface area contributed by atoms with Crippen molar-refractivity contribution in [2.75, 3.05) is 38.8 Å². The zero-order chi connectivity index (χ0) is 19.5. The van der Waals surface area contributed by atoms with Gasteiger partial charge >= 0.3 is 0 Å². The van der Waals surface area contributed by atoms with Gasteiger partial charge in [-0.1, -0.05) is 12.1 Å². The summed E-state index contributed by atoms with van der Waals surface area (Å²) in [6.07, 6.45) is 1.55. The Labute approximate surface area is 163 Å². The third kappa shape index (κ3) is 3.25. The van der Waals surface area contributed by atoms with Crippen molar-refractivity contribution in [1.29, 1.82) is 0 Å². The molecule has 7 nitrogen and oxygen atoms in total. The molecule has 0 radical (unpaired) electrons. The summed E-state index contributed by atoms with van der Waals surface area (Å²) in [5.41, 5.74) is 1.44. The molecule has 28 heavy (non-hydrogen) atoms. The van der Waals surface area contributed by atoms with Crippen LogP contribution in [0.15, 0.2) is 48.8 Å². The summed E-state index contributed by atoms with van der Waals surface area (Å²) in [7, 11) is 3.14. The Balaban J connectivity index is 1.72. The van der Waals surface area contributed by atoms with Gasteiger partial charge in [0.1, 0.15) is 18.2 Å². The summed E-state index contributed by atoms with van der Waals surface area (Å²) < 4.78 is 10.6. The molecular weight excluding hydrogens is 356 g/mol. The van der Waals surface area contributed by atoms with E-state index in [0.717, 1.165) is 23.3 Å². The molecule has 3 aromatic rings. The minimum absolute atomic E-state index is 0.0100. The summed E-state index contributed by atoms with van der Waals surface area (Å²) in [5.74, 6) is 1.93. The van der Waals surface area contributed by atoms with Gasteiger partial charge in [-0.25, -0.2) is 9.97 Å². The number of para-hydroxylation sites is 1. The summed E-state index contributed by atoms with van der Waals surface area (Å²) >= 11 is 0. The first-order valence-corrected chi connectivity index (χ1v) is 9.16. The van der Waals surface area contributed by atoms with Crippen molar-refractivity contribution >= 4 is 22.5 Å². The molecule has 0 spiro atoms. The highest BCUT2D eigenvalue weighted by Crippen LogP contribution is 2.30. The van der Waals surface area contributed by atoms with Crippen molar-refractivity contribution in [3.05, 3.63) is 54.4 Å². The van der Waals surface area contributed by atoms with Gasteiger partial charge in [-0.3, -0.25) is 4.79 Å². The molecule has 0 aliphatic carbocycles. The number of hydrogen-bond acceptors (Lipinski definition) is 7. The van der Waals surface area contributed by atoms with E-state index in [1.165, 1.54) is 0 Å². The summed E-state index contributed by atoms with van der Waals surface area (Å²) in [6.45, 7) is 2.02. The van der Waals surface area contributed by atoms with Crippen LogP contribution in [0.3, 0.4) is 0 Å². The van der Waals surface area contributed by atoms with E-state index in [0.29, 0.717) is 30.2 Å². The number of carbonyl (C=O) groups is 1.